The van der Waals surface area contributed by atoms with Crippen LogP contribution < -0.4 is 32.8 Å². The van der Waals surface area contributed by atoms with Gasteiger partial charge in [0.05, 0.1) is 26.4 Å². The normalized spacial score (nSPS) is 15.5. The van der Waals surface area contributed by atoms with Gasteiger partial charge in [-0.3, -0.25) is 0 Å². The molecule has 0 amide bonds. The summed E-state index contributed by atoms with van der Waals surface area (Å²) < 4.78 is 31.2. The quantitative estimate of drug-likeness (QED) is 0.0492. The van der Waals surface area contributed by atoms with Crippen LogP contribution in [0.3, 0.4) is 0 Å². The van der Waals surface area contributed by atoms with Crippen molar-refractivity contribution < 1.29 is 37.5 Å². The number of quaternary nitrogens is 1. The van der Waals surface area contributed by atoms with Crippen molar-refractivity contribution in [1.29, 1.82) is 0 Å². The maximum Gasteiger partial charge on any atom is 0.443 e. The average molecular weight is 907 g/mol. The molecule has 10 nitrogen and oxygen atoms in total. The van der Waals surface area contributed by atoms with Gasteiger partial charge in [0.1, 0.15) is 72.9 Å². The SMILES string of the molecule is CCCCC(C)CCOC1=CC[NH+](c2nc(-[n+]3ccc(OCCC(C)CCCC)cc3)c(-[n+]3ccc(OCCC(C)CCCC)cc3)nc2-[n+]2ccc(OCCC(C)CCCC)cc2)C=C1. The lowest BCUT2D eigenvalue weighted by molar-refractivity contribution is -0.778. The molecular formula is C56H86N6O4+4. The number of pyridine rings is 3. The molecule has 1 aliphatic heterocycles. The number of ether oxygens (including phenoxy) is 4. The predicted molar refractivity (Wildman–Crippen MR) is 265 cm³/mol. The fraction of sp³-hybridized carbons (Fsp3) is 0.589. The first-order valence-electron chi connectivity index (χ1n) is 25.9. The lowest BCUT2D eigenvalue weighted by atomic mass is 10.0. The Balaban J connectivity index is 1.48. The first-order chi connectivity index (χ1) is 32.2. The van der Waals surface area contributed by atoms with Gasteiger partial charge in [-0.25, -0.2) is 4.90 Å². The van der Waals surface area contributed by atoms with E-state index in [1.165, 1.54) is 77.0 Å². The van der Waals surface area contributed by atoms with E-state index in [-0.39, 0.29) is 0 Å². The first kappa shape index (κ1) is 52.1. The van der Waals surface area contributed by atoms with Gasteiger partial charge in [-0.2, -0.15) is 13.7 Å². The Labute approximate surface area is 399 Å². The number of unbranched alkanes of at least 4 members (excludes halogenated alkanes) is 4. The van der Waals surface area contributed by atoms with Crippen molar-refractivity contribution in [3.8, 4) is 34.7 Å². The molecule has 1 N–H and O–H groups in total. The Morgan fingerprint density at radius 2 is 0.818 bits per heavy atom. The van der Waals surface area contributed by atoms with Crippen LogP contribution in [-0.2, 0) is 4.74 Å². The highest BCUT2D eigenvalue weighted by atomic mass is 16.5. The van der Waals surface area contributed by atoms with Crippen molar-refractivity contribution in [1.82, 2.24) is 9.97 Å². The van der Waals surface area contributed by atoms with Gasteiger partial charge in [0, 0.05) is 58.5 Å². The lowest BCUT2D eigenvalue weighted by Crippen LogP contribution is -3.03. The van der Waals surface area contributed by atoms with Crippen molar-refractivity contribution in [3.05, 3.63) is 97.7 Å². The Morgan fingerprint density at radius 1 is 0.470 bits per heavy atom. The molecule has 66 heavy (non-hydrogen) atoms. The van der Waals surface area contributed by atoms with Crippen molar-refractivity contribution >= 4 is 5.82 Å². The summed E-state index contributed by atoms with van der Waals surface area (Å²) in [5.74, 6) is 8.92. The minimum Gasteiger partial charge on any atom is -0.493 e. The standard InChI is InChI=1S/C56H85N6O4/c1-9-13-17-45(5)29-41-63-49-21-33-59(34-22-49)53-54(60-35-23-50(24-36-60)64-42-30-46(6)18-14-10-2)58-56(62-39-27-52(28-40-62)66-44-32-48(8)20-16-12-4)55(57-53)61-37-25-51(26-38-61)65-43-31-47(7)19-15-11-3/h21-28,33-39,45-48H,9-20,29-32,40-44H2,1-8H3/q+3/p+1. The minimum atomic E-state index is 0.643. The van der Waals surface area contributed by atoms with E-state index in [1.54, 1.807) is 0 Å². The van der Waals surface area contributed by atoms with Gasteiger partial charge >= 0.3 is 23.3 Å². The van der Waals surface area contributed by atoms with Crippen LogP contribution in [0.4, 0.5) is 5.82 Å². The second kappa shape index (κ2) is 29.0. The van der Waals surface area contributed by atoms with Crippen molar-refractivity contribution in [3.63, 3.8) is 0 Å². The molecule has 5 unspecified atom stereocenters. The third-order valence-corrected chi connectivity index (χ3v) is 13.0. The van der Waals surface area contributed by atoms with E-state index in [2.05, 4.69) is 78.3 Å². The molecule has 360 valence electrons. The van der Waals surface area contributed by atoms with Crippen LogP contribution in [0.2, 0.25) is 0 Å². The maximum absolute atomic E-state index is 6.29. The molecule has 5 rings (SSSR count). The van der Waals surface area contributed by atoms with E-state index in [9.17, 15) is 0 Å². The van der Waals surface area contributed by atoms with Crippen molar-refractivity contribution in [2.75, 3.05) is 33.0 Å². The molecule has 4 aromatic rings. The maximum atomic E-state index is 6.29. The van der Waals surface area contributed by atoms with Crippen molar-refractivity contribution in [2.45, 2.75) is 158 Å². The van der Waals surface area contributed by atoms with Crippen LogP contribution in [0.25, 0.3) is 17.5 Å². The highest BCUT2D eigenvalue weighted by molar-refractivity contribution is 5.43. The number of nitrogens with zero attached hydrogens (tertiary/aromatic N) is 5. The Bertz CT molecular complexity index is 2020. The van der Waals surface area contributed by atoms with E-state index in [4.69, 9.17) is 28.9 Å². The molecule has 0 bridgehead atoms. The zero-order valence-corrected chi connectivity index (χ0v) is 42.2. The monoisotopic (exact) mass is 907 g/mol. The number of nitrogens with one attached hydrogen (secondary N) is 1. The van der Waals surface area contributed by atoms with Gasteiger partial charge < -0.3 is 18.9 Å². The molecule has 4 aromatic heterocycles. The summed E-state index contributed by atoms with van der Waals surface area (Å²) in [5, 5.41) is 0. The Hall–Kier alpha value is -4.83. The molecule has 0 aliphatic carbocycles. The summed E-state index contributed by atoms with van der Waals surface area (Å²) in [7, 11) is 0. The Kier molecular flexibility index (Phi) is 22.9. The van der Waals surface area contributed by atoms with E-state index < -0.39 is 0 Å². The topological polar surface area (TPSA) is 78.8 Å². The van der Waals surface area contributed by atoms with Crippen LogP contribution >= 0.6 is 0 Å². The van der Waals surface area contributed by atoms with E-state index in [0.717, 1.165) is 71.8 Å². The smallest absolute Gasteiger partial charge is 0.443 e. The molecule has 0 aromatic carbocycles. The van der Waals surface area contributed by atoms with Crippen LogP contribution in [-0.4, -0.2) is 42.9 Å². The summed E-state index contributed by atoms with van der Waals surface area (Å²) >= 11 is 0. The summed E-state index contributed by atoms with van der Waals surface area (Å²) in [6.07, 6.45) is 37.7. The largest absolute Gasteiger partial charge is 0.493 e. The molecular weight excluding hydrogens is 821 g/mol. The van der Waals surface area contributed by atoms with Gasteiger partial charge in [0.15, 0.2) is 0 Å². The lowest BCUT2D eigenvalue weighted by Gasteiger charge is -2.16. The van der Waals surface area contributed by atoms with E-state index in [1.807, 2.05) is 82.7 Å². The van der Waals surface area contributed by atoms with Gasteiger partial charge in [0.25, 0.3) is 0 Å². The molecule has 1 aliphatic rings. The summed E-state index contributed by atoms with van der Waals surface area (Å²) in [6.45, 7) is 21.8. The van der Waals surface area contributed by atoms with Crippen LogP contribution in [0.15, 0.2) is 97.7 Å². The van der Waals surface area contributed by atoms with Gasteiger partial charge in [-0.05, 0) is 49.4 Å². The first-order valence-corrected chi connectivity index (χ1v) is 25.9. The molecule has 0 spiro atoms. The van der Waals surface area contributed by atoms with Crippen LogP contribution in [0.1, 0.15) is 158 Å². The zero-order chi connectivity index (χ0) is 46.9. The summed E-state index contributed by atoms with van der Waals surface area (Å²) in [6, 6.07) is 12.2. The van der Waals surface area contributed by atoms with Crippen LogP contribution in [0.5, 0.6) is 17.2 Å². The fourth-order valence-corrected chi connectivity index (χ4v) is 8.21. The number of hydrogen-bond donors (Lipinski definition) is 1. The molecule has 0 saturated heterocycles. The number of rotatable bonds is 32. The highest BCUT2D eigenvalue weighted by Crippen LogP contribution is 2.20. The zero-order valence-electron chi connectivity index (χ0n) is 42.2. The summed E-state index contributed by atoms with van der Waals surface area (Å²) in [4.78, 5) is 12.1. The average Bonchev–Trinajstić information content (AvgIpc) is 3.34. The third kappa shape index (κ3) is 17.4. The van der Waals surface area contributed by atoms with E-state index >= 15 is 0 Å². The number of allylic oxidation sites excluding steroid dienone is 1. The van der Waals surface area contributed by atoms with Crippen LogP contribution in [0, 0.1) is 23.7 Å². The van der Waals surface area contributed by atoms with E-state index in [0.29, 0.717) is 61.7 Å². The second-order valence-corrected chi connectivity index (χ2v) is 19.1. The molecule has 10 heteroatoms. The fourth-order valence-electron chi connectivity index (χ4n) is 8.21. The predicted octanol–water partition coefficient (Wildman–Crippen LogP) is 11.3. The molecule has 0 radical (unpaired) electrons. The third-order valence-electron chi connectivity index (χ3n) is 13.0. The number of hydrogen-bond acceptors (Lipinski definition) is 6. The van der Waals surface area contributed by atoms with Gasteiger partial charge in [0.2, 0.25) is 0 Å². The van der Waals surface area contributed by atoms with Gasteiger partial charge in [-0.15, -0.1) is 0 Å². The summed E-state index contributed by atoms with van der Waals surface area (Å²) in [5.41, 5.74) is 0. The Morgan fingerprint density at radius 3 is 1.17 bits per heavy atom. The molecule has 0 fully saturated rings. The number of aromatic nitrogens is 5. The second-order valence-electron chi connectivity index (χ2n) is 19.1. The molecule has 5 heterocycles. The highest BCUT2D eigenvalue weighted by Gasteiger charge is 2.40. The van der Waals surface area contributed by atoms with Crippen molar-refractivity contribution in [2.24, 2.45) is 23.7 Å². The molecule has 0 saturated carbocycles. The van der Waals surface area contributed by atoms with Gasteiger partial charge in [-0.1, -0.05) is 132 Å². The molecule has 5 atom stereocenters. The minimum absolute atomic E-state index is 0.643.